The molecule has 0 amide bonds. The van der Waals surface area contributed by atoms with Crippen LogP contribution in [-0.2, 0) is 6.54 Å². The van der Waals surface area contributed by atoms with Crippen LogP contribution in [0.25, 0.3) is 0 Å². The van der Waals surface area contributed by atoms with Crippen molar-refractivity contribution in [3.8, 4) is 5.75 Å². The third-order valence-electron chi connectivity index (χ3n) is 2.60. The van der Waals surface area contributed by atoms with Gasteiger partial charge in [0.25, 0.3) is 11.2 Å². The van der Waals surface area contributed by atoms with E-state index in [0.717, 1.165) is 18.3 Å². The maximum Gasteiger partial charge on any atom is 0.269 e. The van der Waals surface area contributed by atoms with Crippen LogP contribution < -0.4 is 10.3 Å². The number of hydrogen-bond acceptors (Lipinski definition) is 4. The standard InChI is InChI=1S/C13H11FN2O4/c14-10-1-6-13(17)15(9-10)7-8-20-12-4-2-11(3-5-12)16(18)19/h1-6,9H,7-8H2. The summed E-state index contributed by atoms with van der Waals surface area (Å²) in [6.07, 6.45) is 1.10. The topological polar surface area (TPSA) is 74.4 Å². The van der Waals surface area contributed by atoms with Crippen molar-refractivity contribution in [3.05, 3.63) is 68.9 Å². The van der Waals surface area contributed by atoms with Gasteiger partial charge in [-0.05, 0) is 18.2 Å². The number of non-ortho nitro benzene ring substituents is 1. The first-order valence-electron chi connectivity index (χ1n) is 5.79. The predicted octanol–water partition coefficient (Wildman–Crippen LogP) is 1.97. The SMILES string of the molecule is O=c1ccc(F)cn1CCOc1ccc([N+](=O)[O-])cc1. The fraction of sp³-hybridized carbons (Fsp3) is 0.154. The zero-order chi connectivity index (χ0) is 14.5. The molecule has 2 aromatic rings. The Labute approximate surface area is 113 Å². The summed E-state index contributed by atoms with van der Waals surface area (Å²) in [7, 11) is 0. The molecule has 7 heteroatoms. The third kappa shape index (κ3) is 3.41. The largest absolute Gasteiger partial charge is 0.492 e. The van der Waals surface area contributed by atoms with E-state index in [-0.39, 0.29) is 24.4 Å². The van der Waals surface area contributed by atoms with Crippen LogP contribution in [0.2, 0.25) is 0 Å². The molecule has 0 spiro atoms. The monoisotopic (exact) mass is 278 g/mol. The van der Waals surface area contributed by atoms with Crippen molar-refractivity contribution in [1.82, 2.24) is 4.57 Å². The Balaban J connectivity index is 1.94. The molecule has 2 rings (SSSR count). The first-order valence-corrected chi connectivity index (χ1v) is 5.79. The number of nitro benzene ring substituents is 1. The number of nitro groups is 1. The highest BCUT2D eigenvalue weighted by Gasteiger charge is 2.04. The van der Waals surface area contributed by atoms with Crippen molar-refractivity contribution in [2.45, 2.75) is 6.54 Å². The lowest BCUT2D eigenvalue weighted by atomic mass is 10.3. The molecule has 0 saturated heterocycles. The molecular weight excluding hydrogens is 267 g/mol. The summed E-state index contributed by atoms with van der Waals surface area (Å²) < 4.78 is 19.5. The van der Waals surface area contributed by atoms with Crippen molar-refractivity contribution in [3.63, 3.8) is 0 Å². The minimum absolute atomic E-state index is 0.0290. The highest BCUT2D eigenvalue weighted by Crippen LogP contribution is 2.17. The molecule has 1 aromatic heterocycles. The lowest BCUT2D eigenvalue weighted by molar-refractivity contribution is -0.384. The Morgan fingerprint density at radius 1 is 1.20 bits per heavy atom. The second-order valence-electron chi connectivity index (χ2n) is 3.98. The summed E-state index contributed by atoms with van der Waals surface area (Å²) in [5, 5.41) is 10.5. The number of halogens is 1. The van der Waals surface area contributed by atoms with Crippen LogP contribution in [-0.4, -0.2) is 16.1 Å². The number of nitrogens with zero attached hydrogens (tertiary/aromatic N) is 2. The van der Waals surface area contributed by atoms with Gasteiger partial charge in [-0.2, -0.15) is 0 Å². The van der Waals surface area contributed by atoms with Crippen LogP contribution in [0.15, 0.2) is 47.4 Å². The molecule has 0 bridgehead atoms. The van der Waals surface area contributed by atoms with Gasteiger partial charge in [-0.1, -0.05) is 0 Å². The number of rotatable bonds is 5. The smallest absolute Gasteiger partial charge is 0.269 e. The van der Waals surface area contributed by atoms with E-state index in [2.05, 4.69) is 0 Å². The Bertz CT molecular complexity index is 667. The number of ether oxygens (including phenoxy) is 1. The zero-order valence-corrected chi connectivity index (χ0v) is 10.4. The third-order valence-corrected chi connectivity index (χ3v) is 2.60. The average Bonchev–Trinajstić information content (AvgIpc) is 2.43. The maximum atomic E-state index is 13.0. The van der Waals surface area contributed by atoms with E-state index in [4.69, 9.17) is 4.74 Å². The minimum atomic E-state index is -0.504. The minimum Gasteiger partial charge on any atom is -0.492 e. The highest BCUT2D eigenvalue weighted by molar-refractivity contribution is 5.35. The van der Waals surface area contributed by atoms with Crippen molar-refractivity contribution >= 4 is 5.69 Å². The van der Waals surface area contributed by atoms with Gasteiger partial charge in [0.05, 0.1) is 11.5 Å². The molecule has 1 aromatic carbocycles. The molecular formula is C13H11FN2O4. The maximum absolute atomic E-state index is 13.0. The van der Waals surface area contributed by atoms with E-state index in [1.165, 1.54) is 28.8 Å². The lowest BCUT2D eigenvalue weighted by Gasteiger charge is -2.08. The first-order chi connectivity index (χ1) is 9.56. The lowest BCUT2D eigenvalue weighted by Crippen LogP contribution is -2.22. The molecule has 0 unspecified atom stereocenters. The Morgan fingerprint density at radius 3 is 2.55 bits per heavy atom. The highest BCUT2D eigenvalue weighted by atomic mass is 19.1. The quantitative estimate of drug-likeness (QED) is 0.619. The van der Waals surface area contributed by atoms with E-state index in [1.54, 1.807) is 0 Å². The second-order valence-corrected chi connectivity index (χ2v) is 3.98. The zero-order valence-electron chi connectivity index (χ0n) is 10.4. The van der Waals surface area contributed by atoms with E-state index >= 15 is 0 Å². The molecule has 0 aliphatic heterocycles. The molecule has 0 saturated carbocycles. The van der Waals surface area contributed by atoms with E-state index in [9.17, 15) is 19.3 Å². The number of hydrogen-bond donors (Lipinski definition) is 0. The molecule has 6 nitrogen and oxygen atoms in total. The van der Waals surface area contributed by atoms with Gasteiger partial charge in [0.1, 0.15) is 18.2 Å². The number of aromatic nitrogens is 1. The summed E-state index contributed by atoms with van der Waals surface area (Å²) in [4.78, 5) is 21.4. The van der Waals surface area contributed by atoms with Gasteiger partial charge in [-0.15, -0.1) is 0 Å². The molecule has 104 valence electrons. The van der Waals surface area contributed by atoms with Crippen LogP contribution in [0.4, 0.5) is 10.1 Å². The van der Waals surface area contributed by atoms with Crippen LogP contribution in [0.5, 0.6) is 5.75 Å². The average molecular weight is 278 g/mol. The van der Waals surface area contributed by atoms with Crippen molar-refractivity contribution < 1.29 is 14.1 Å². The van der Waals surface area contributed by atoms with E-state index in [1.807, 2.05) is 0 Å². The van der Waals surface area contributed by atoms with Gasteiger partial charge < -0.3 is 9.30 Å². The van der Waals surface area contributed by atoms with Gasteiger partial charge in [-0.3, -0.25) is 14.9 Å². The summed E-state index contributed by atoms with van der Waals surface area (Å²) >= 11 is 0. The molecule has 20 heavy (non-hydrogen) atoms. The summed E-state index contributed by atoms with van der Waals surface area (Å²) in [5.41, 5.74) is -0.350. The fourth-order valence-electron chi connectivity index (χ4n) is 1.60. The molecule has 0 N–H and O–H groups in total. The van der Waals surface area contributed by atoms with Crippen molar-refractivity contribution in [1.29, 1.82) is 0 Å². The van der Waals surface area contributed by atoms with Crippen molar-refractivity contribution in [2.24, 2.45) is 0 Å². The molecule has 0 atom stereocenters. The molecule has 0 fully saturated rings. The summed E-state index contributed by atoms with van der Waals surface area (Å²) in [5.74, 6) is -0.0556. The van der Waals surface area contributed by atoms with Crippen LogP contribution in [0, 0.1) is 15.9 Å². The Morgan fingerprint density at radius 2 is 1.90 bits per heavy atom. The van der Waals surface area contributed by atoms with E-state index < -0.39 is 10.7 Å². The predicted molar refractivity (Wildman–Crippen MR) is 69.3 cm³/mol. The van der Waals surface area contributed by atoms with Gasteiger partial charge in [0, 0.05) is 24.4 Å². The normalized spacial score (nSPS) is 10.2. The Kier molecular flexibility index (Phi) is 4.09. The molecule has 0 aliphatic carbocycles. The molecule has 1 heterocycles. The van der Waals surface area contributed by atoms with Gasteiger partial charge in [0.2, 0.25) is 0 Å². The van der Waals surface area contributed by atoms with Gasteiger partial charge in [-0.25, -0.2) is 4.39 Å². The van der Waals surface area contributed by atoms with Crippen LogP contribution >= 0.6 is 0 Å². The molecule has 0 radical (unpaired) electrons. The number of benzene rings is 1. The Hall–Kier alpha value is -2.70. The summed E-state index contributed by atoms with van der Waals surface area (Å²) in [6.45, 7) is 0.342. The second kappa shape index (κ2) is 5.96. The molecule has 0 aliphatic rings. The first kappa shape index (κ1) is 13.7. The van der Waals surface area contributed by atoms with Crippen LogP contribution in [0.3, 0.4) is 0 Å². The van der Waals surface area contributed by atoms with E-state index in [0.29, 0.717) is 5.75 Å². The summed E-state index contributed by atoms with van der Waals surface area (Å²) in [6, 6.07) is 7.81. The fourth-order valence-corrected chi connectivity index (χ4v) is 1.60. The van der Waals surface area contributed by atoms with Gasteiger partial charge in [0.15, 0.2) is 0 Å². The van der Waals surface area contributed by atoms with Crippen LogP contribution in [0.1, 0.15) is 0 Å². The van der Waals surface area contributed by atoms with Crippen molar-refractivity contribution in [2.75, 3.05) is 6.61 Å². The number of pyridine rings is 1. The van der Waals surface area contributed by atoms with Gasteiger partial charge >= 0.3 is 0 Å².